The van der Waals surface area contributed by atoms with Crippen LogP contribution >= 0.6 is 11.6 Å². The van der Waals surface area contributed by atoms with Gasteiger partial charge in [-0.25, -0.2) is 4.39 Å². The summed E-state index contributed by atoms with van der Waals surface area (Å²) in [4.78, 5) is 14.3. The van der Waals surface area contributed by atoms with Crippen molar-refractivity contribution < 1.29 is 13.9 Å². The second-order valence-corrected chi connectivity index (χ2v) is 6.10. The van der Waals surface area contributed by atoms with Crippen molar-refractivity contribution in [3.63, 3.8) is 0 Å². The third kappa shape index (κ3) is 2.42. The molecule has 1 saturated carbocycles. The van der Waals surface area contributed by atoms with Gasteiger partial charge < -0.3 is 9.64 Å². The van der Waals surface area contributed by atoms with Gasteiger partial charge in [0, 0.05) is 25.8 Å². The maximum absolute atomic E-state index is 13.1. The fourth-order valence-corrected chi connectivity index (χ4v) is 3.59. The van der Waals surface area contributed by atoms with Crippen molar-refractivity contribution in [2.45, 2.75) is 18.9 Å². The summed E-state index contributed by atoms with van der Waals surface area (Å²) in [5, 5.41) is -0.00492. The summed E-state index contributed by atoms with van der Waals surface area (Å²) in [5.74, 6) is 0.499. The molecule has 2 fully saturated rings. The van der Waals surface area contributed by atoms with Crippen LogP contribution in [0.5, 0.6) is 0 Å². The van der Waals surface area contributed by atoms with Gasteiger partial charge in [-0.1, -0.05) is 11.6 Å². The predicted octanol–water partition coefficient (Wildman–Crippen LogP) is 2.98. The summed E-state index contributed by atoms with van der Waals surface area (Å²) < 4.78 is 18.5. The highest BCUT2D eigenvalue weighted by Gasteiger charge is 2.42. The summed E-state index contributed by atoms with van der Waals surface area (Å²) >= 11 is 5.74. The van der Waals surface area contributed by atoms with E-state index in [2.05, 4.69) is 0 Å². The summed E-state index contributed by atoms with van der Waals surface area (Å²) in [6, 6.07) is 4.15. The zero-order valence-corrected chi connectivity index (χ0v) is 12.1. The number of ether oxygens (including phenoxy) is 1. The van der Waals surface area contributed by atoms with Crippen LogP contribution in [0, 0.1) is 17.7 Å². The fourth-order valence-electron chi connectivity index (χ4n) is 3.41. The van der Waals surface area contributed by atoms with Crippen LogP contribution < -0.4 is 0 Å². The normalized spacial score (nSPS) is 28.8. The number of halogens is 2. The van der Waals surface area contributed by atoms with Crippen molar-refractivity contribution >= 4 is 17.5 Å². The molecule has 0 aromatic heterocycles. The van der Waals surface area contributed by atoms with Crippen molar-refractivity contribution in [2.24, 2.45) is 11.8 Å². The molecule has 1 aromatic rings. The van der Waals surface area contributed by atoms with E-state index in [0.29, 0.717) is 23.5 Å². The van der Waals surface area contributed by atoms with Crippen molar-refractivity contribution in [1.29, 1.82) is 0 Å². The highest BCUT2D eigenvalue weighted by atomic mass is 35.5. The van der Waals surface area contributed by atoms with Crippen LogP contribution in [0.2, 0.25) is 5.02 Å². The Bertz CT molecular complexity index is 523. The Labute approximate surface area is 122 Å². The lowest BCUT2D eigenvalue weighted by Crippen LogP contribution is -2.30. The summed E-state index contributed by atoms with van der Waals surface area (Å²) in [6.45, 7) is 1.52. The Hall–Kier alpha value is -1.13. The molecular weight excluding hydrogens is 281 g/mol. The molecule has 1 saturated heterocycles. The van der Waals surface area contributed by atoms with Gasteiger partial charge in [-0.2, -0.15) is 0 Å². The second-order valence-electron chi connectivity index (χ2n) is 5.69. The van der Waals surface area contributed by atoms with E-state index in [1.165, 1.54) is 18.2 Å². The van der Waals surface area contributed by atoms with E-state index >= 15 is 0 Å². The molecule has 0 radical (unpaired) electrons. The van der Waals surface area contributed by atoms with Crippen LogP contribution in [0.4, 0.5) is 4.39 Å². The minimum atomic E-state index is -0.496. The van der Waals surface area contributed by atoms with E-state index in [1.54, 1.807) is 7.11 Å². The van der Waals surface area contributed by atoms with E-state index in [1.807, 2.05) is 4.90 Å². The first-order valence-electron chi connectivity index (χ1n) is 6.85. The van der Waals surface area contributed by atoms with E-state index in [4.69, 9.17) is 16.3 Å². The summed E-state index contributed by atoms with van der Waals surface area (Å²) in [5.41, 5.74) is 0.458. The van der Waals surface area contributed by atoms with Gasteiger partial charge in [0.05, 0.1) is 11.1 Å². The van der Waals surface area contributed by atoms with Crippen LogP contribution in [-0.4, -0.2) is 37.1 Å². The number of amides is 1. The molecule has 3 rings (SSSR count). The van der Waals surface area contributed by atoms with Crippen molar-refractivity contribution in [3.05, 3.63) is 34.6 Å². The number of hydrogen-bond acceptors (Lipinski definition) is 2. The first-order valence-corrected chi connectivity index (χ1v) is 7.23. The minimum absolute atomic E-state index is 0.00492. The van der Waals surface area contributed by atoms with Gasteiger partial charge in [-0.3, -0.25) is 4.79 Å². The summed E-state index contributed by atoms with van der Waals surface area (Å²) in [7, 11) is 1.75. The van der Waals surface area contributed by atoms with Gasteiger partial charge >= 0.3 is 0 Å². The van der Waals surface area contributed by atoms with Crippen molar-refractivity contribution in [1.82, 2.24) is 4.90 Å². The number of nitrogens with zero attached hydrogens (tertiary/aromatic N) is 1. The monoisotopic (exact) mass is 297 g/mol. The number of hydrogen-bond donors (Lipinski definition) is 0. The molecule has 108 valence electrons. The Morgan fingerprint density at radius 1 is 1.35 bits per heavy atom. The molecule has 1 aliphatic carbocycles. The zero-order chi connectivity index (χ0) is 14.3. The number of methoxy groups -OCH3 is 1. The Kier molecular flexibility index (Phi) is 3.69. The minimum Gasteiger partial charge on any atom is -0.381 e. The Morgan fingerprint density at radius 3 is 2.55 bits per heavy atom. The maximum Gasteiger partial charge on any atom is 0.253 e. The van der Waals surface area contributed by atoms with Gasteiger partial charge in [0.15, 0.2) is 0 Å². The fraction of sp³-hybridized carbons (Fsp3) is 0.533. The molecule has 3 nitrogen and oxygen atoms in total. The average molecular weight is 298 g/mol. The van der Waals surface area contributed by atoms with E-state index in [9.17, 15) is 9.18 Å². The van der Waals surface area contributed by atoms with Crippen LogP contribution in [0.1, 0.15) is 23.2 Å². The Morgan fingerprint density at radius 2 is 2.00 bits per heavy atom. The van der Waals surface area contributed by atoms with Crippen molar-refractivity contribution in [2.75, 3.05) is 20.2 Å². The molecule has 0 N–H and O–H groups in total. The molecule has 1 unspecified atom stereocenters. The smallest absolute Gasteiger partial charge is 0.253 e. The number of carbonyl (C=O) groups is 1. The highest BCUT2D eigenvalue weighted by Crippen LogP contribution is 2.39. The van der Waals surface area contributed by atoms with Crippen LogP contribution in [0.15, 0.2) is 18.2 Å². The molecule has 20 heavy (non-hydrogen) atoms. The highest BCUT2D eigenvalue weighted by molar-refractivity contribution is 6.31. The average Bonchev–Trinajstić information content (AvgIpc) is 2.98. The van der Waals surface area contributed by atoms with E-state index in [0.717, 1.165) is 25.9 Å². The predicted molar refractivity (Wildman–Crippen MR) is 74.3 cm³/mol. The molecule has 0 spiro atoms. The van der Waals surface area contributed by atoms with E-state index in [-0.39, 0.29) is 10.9 Å². The van der Waals surface area contributed by atoms with Crippen molar-refractivity contribution in [3.8, 4) is 0 Å². The number of fused-ring (bicyclic) bond motifs is 1. The van der Waals surface area contributed by atoms with E-state index < -0.39 is 5.82 Å². The third-order valence-corrected chi connectivity index (χ3v) is 4.78. The molecule has 1 amide bonds. The molecule has 1 heterocycles. The third-order valence-electron chi connectivity index (χ3n) is 4.49. The molecule has 1 aliphatic heterocycles. The second kappa shape index (κ2) is 5.34. The maximum atomic E-state index is 13.1. The van der Waals surface area contributed by atoms with Crippen LogP contribution in [0.25, 0.3) is 0 Å². The largest absolute Gasteiger partial charge is 0.381 e. The molecule has 0 bridgehead atoms. The van der Waals surface area contributed by atoms with Gasteiger partial charge in [0.1, 0.15) is 5.82 Å². The lowest BCUT2D eigenvalue weighted by molar-refractivity contribution is 0.0731. The van der Waals surface area contributed by atoms with Crippen LogP contribution in [-0.2, 0) is 4.74 Å². The Balaban J connectivity index is 1.69. The lowest BCUT2D eigenvalue weighted by Gasteiger charge is -2.19. The first kappa shape index (κ1) is 13.8. The SMILES string of the molecule is COC1C[C@@H]2CN(C(=O)c3ccc(F)c(Cl)c3)C[C@@H]2C1. The van der Waals surface area contributed by atoms with Gasteiger partial charge in [-0.15, -0.1) is 0 Å². The zero-order valence-electron chi connectivity index (χ0n) is 11.3. The molecule has 5 heteroatoms. The number of rotatable bonds is 2. The van der Waals surface area contributed by atoms with Gasteiger partial charge in [0.25, 0.3) is 5.91 Å². The number of likely N-dealkylation sites (tertiary alicyclic amines) is 1. The topological polar surface area (TPSA) is 29.5 Å². The lowest BCUT2D eigenvalue weighted by atomic mass is 10.0. The van der Waals surface area contributed by atoms with Gasteiger partial charge in [-0.05, 0) is 42.9 Å². The standard InChI is InChI=1S/C15H17ClFNO2/c1-20-12-4-10-7-18(8-11(10)5-12)15(19)9-2-3-14(17)13(16)6-9/h2-3,6,10-12H,4-5,7-8H2,1H3/t10-,11+,12?. The molecule has 3 atom stereocenters. The quantitative estimate of drug-likeness (QED) is 0.840. The number of benzene rings is 1. The van der Waals surface area contributed by atoms with Gasteiger partial charge in [0.2, 0.25) is 0 Å². The number of carbonyl (C=O) groups excluding carboxylic acids is 1. The summed E-state index contributed by atoms with van der Waals surface area (Å²) in [6.07, 6.45) is 2.38. The molecule has 1 aromatic carbocycles. The molecular formula is C15H17ClFNO2. The first-order chi connectivity index (χ1) is 9.58. The van der Waals surface area contributed by atoms with Crippen LogP contribution in [0.3, 0.4) is 0 Å². The molecule has 2 aliphatic rings.